The van der Waals surface area contributed by atoms with Crippen LogP contribution in [0.3, 0.4) is 0 Å². The van der Waals surface area contributed by atoms with Crippen LogP contribution in [-0.4, -0.2) is 62.9 Å². The molecular formula is C22H39IN4O2. The van der Waals surface area contributed by atoms with Gasteiger partial charge in [-0.25, -0.2) is 0 Å². The van der Waals surface area contributed by atoms with Crippen LogP contribution < -0.4 is 10.6 Å². The summed E-state index contributed by atoms with van der Waals surface area (Å²) in [5.41, 5.74) is 2.40. The smallest absolute Gasteiger partial charge is 0.191 e. The summed E-state index contributed by atoms with van der Waals surface area (Å²) >= 11 is 0. The molecule has 1 saturated heterocycles. The molecule has 1 heterocycles. The fraction of sp³-hybridized carbons (Fsp3) is 0.682. The van der Waals surface area contributed by atoms with Crippen LogP contribution in [0, 0.1) is 5.92 Å². The lowest BCUT2D eigenvalue weighted by Gasteiger charge is -2.22. The SMILES string of the molecule is CCOCCOCc1cccc(CNC(=NC)NC2CN(C(C)C)CC2C)c1.I. The first-order valence-corrected chi connectivity index (χ1v) is 10.5. The maximum atomic E-state index is 5.67. The molecule has 0 aromatic heterocycles. The van der Waals surface area contributed by atoms with E-state index < -0.39 is 0 Å². The molecule has 7 heteroatoms. The number of hydrogen-bond acceptors (Lipinski definition) is 4. The molecule has 1 aromatic rings. The third-order valence-electron chi connectivity index (χ3n) is 5.21. The van der Waals surface area contributed by atoms with Crippen molar-refractivity contribution in [2.75, 3.05) is 40.0 Å². The molecule has 166 valence electrons. The molecular weight excluding hydrogens is 479 g/mol. The summed E-state index contributed by atoms with van der Waals surface area (Å²) in [6.45, 7) is 14.4. The van der Waals surface area contributed by atoms with Gasteiger partial charge in [0.25, 0.3) is 0 Å². The van der Waals surface area contributed by atoms with Crippen LogP contribution >= 0.6 is 24.0 Å². The second-order valence-electron chi connectivity index (χ2n) is 7.77. The second-order valence-corrected chi connectivity index (χ2v) is 7.77. The quantitative estimate of drug-likeness (QED) is 0.216. The molecule has 29 heavy (non-hydrogen) atoms. The average molecular weight is 518 g/mol. The number of ether oxygens (including phenoxy) is 2. The van der Waals surface area contributed by atoms with Gasteiger partial charge in [-0.3, -0.25) is 9.89 Å². The van der Waals surface area contributed by atoms with Crippen LogP contribution in [0.5, 0.6) is 0 Å². The van der Waals surface area contributed by atoms with E-state index in [-0.39, 0.29) is 24.0 Å². The molecule has 1 aliphatic heterocycles. The summed E-state index contributed by atoms with van der Waals surface area (Å²) in [5, 5.41) is 7.05. The standard InChI is InChI=1S/C22H38N4O2.HI/c1-6-27-10-11-28-16-20-9-7-8-19(12-20)13-24-22(23-5)25-21-15-26(17(2)3)14-18(21)4;/h7-9,12,17-18,21H,6,10-11,13-16H2,1-5H3,(H2,23,24,25);1H. The van der Waals surface area contributed by atoms with Crippen LogP contribution in [-0.2, 0) is 22.6 Å². The first-order valence-electron chi connectivity index (χ1n) is 10.5. The third-order valence-corrected chi connectivity index (χ3v) is 5.21. The summed E-state index contributed by atoms with van der Waals surface area (Å²) < 4.78 is 11.0. The Hall–Kier alpha value is -0.900. The zero-order valence-corrected chi connectivity index (χ0v) is 20.9. The van der Waals surface area contributed by atoms with E-state index in [1.165, 1.54) is 11.1 Å². The largest absolute Gasteiger partial charge is 0.379 e. The van der Waals surface area contributed by atoms with Crippen molar-refractivity contribution in [3.05, 3.63) is 35.4 Å². The van der Waals surface area contributed by atoms with Crippen molar-refractivity contribution in [2.45, 2.75) is 52.9 Å². The Morgan fingerprint density at radius 3 is 2.59 bits per heavy atom. The number of aliphatic imine (C=N–C) groups is 1. The van der Waals surface area contributed by atoms with Gasteiger partial charge in [-0.15, -0.1) is 24.0 Å². The van der Waals surface area contributed by atoms with Gasteiger partial charge < -0.3 is 20.1 Å². The fourth-order valence-corrected chi connectivity index (χ4v) is 3.45. The monoisotopic (exact) mass is 518 g/mol. The van der Waals surface area contributed by atoms with E-state index in [0.717, 1.165) is 32.2 Å². The maximum absolute atomic E-state index is 5.67. The van der Waals surface area contributed by atoms with Crippen LogP contribution in [0.4, 0.5) is 0 Å². The van der Waals surface area contributed by atoms with E-state index in [4.69, 9.17) is 9.47 Å². The van der Waals surface area contributed by atoms with Gasteiger partial charge in [-0.05, 0) is 37.8 Å². The Kier molecular flexibility index (Phi) is 12.8. The molecule has 2 unspecified atom stereocenters. The number of benzene rings is 1. The molecule has 1 aromatic carbocycles. The average Bonchev–Trinajstić information content (AvgIpc) is 3.06. The molecule has 2 rings (SSSR count). The van der Waals surface area contributed by atoms with Crippen molar-refractivity contribution >= 4 is 29.9 Å². The van der Waals surface area contributed by atoms with Gasteiger partial charge in [0.1, 0.15) is 0 Å². The normalized spacial score (nSPS) is 20.0. The number of halogens is 1. The third kappa shape index (κ3) is 9.19. The Morgan fingerprint density at radius 2 is 1.93 bits per heavy atom. The Bertz CT molecular complexity index is 612. The minimum atomic E-state index is 0. The summed E-state index contributed by atoms with van der Waals surface area (Å²) in [6.07, 6.45) is 0. The molecule has 0 radical (unpaired) electrons. The van der Waals surface area contributed by atoms with Crippen LogP contribution in [0.2, 0.25) is 0 Å². The highest BCUT2D eigenvalue weighted by Gasteiger charge is 2.31. The van der Waals surface area contributed by atoms with Gasteiger partial charge in [-0.1, -0.05) is 31.2 Å². The molecule has 2 atom stereocenters. The molecule has 0 bridgehead atoms. The van der Waals surface area contributed by atoms with Gasteiger partial charge in [0.05, 0.1) is 19.8 Å². The highest BCUT2D eigenvalue weighted by atomic mass is 127. The van der Waals surface area contributed by atoms with E-state index in [0.29, 0.717) is 37.8 Å². The zero-order chi connectivity index (χ0) is 20.4. The summed E-state index contributed by atoms with van der Waals surface area (Å²) in [7, 11) is 1.83. The highest BCUT2D eigenvalue weighted by molar-refractivity contribution is 14.0. The Balaban J connectivity index is 0.00000420. The fourth-order valence-electron chi connectivity index (χ4n) is 3.45. The summed E-state index contributed by atoms with van der Waals surface area (Å²) in [4.78, 5) is 6.93. The van der Waals surface area contributed by atoms with E-state index >= 15 is 0 Å². The van der Waals surface area contributed by atoms with E-state index in [1.807, 2.05) is 14.0 Å². The van der Waals surface area contributed by atoms with Crippen molar-refractivity contribution in [1.29, 1.82) is 0 Å². The van der Waals surface area contributed by atoms with Gasteiger partial charge in [0, 0.05) is 45.4 Å². The number of guanidine groups is 1. The van der Waals surface area contributed by atoms with E-state index in [1.54, 1.807) is 0 Å². The van der Waals surface area contributed by atoms with Crippen molar-refractivity contribution in [3.8, 4) is 0 Å². The number of likely N-dealkylation sites (tertiary alicyclic amines) is 1. The molecule has 1 fully saturated rings. The van der Waals surface area contributed by atoms with Crippen LogP contribution in [0.25, 0.3) is 0 Å². The first-order chi connectivity index (χ1) is 13.5. The molecule has 1 aliphatic rings. The Morgan fingerprint density at radius 1 is 1.21 bits per heavy atom. The molecule has 0 spiro atoms. The number of nitrogens with one attached hydrogen (secondary N) is 2. The van der Waals surface area contributed by atoms with Crippen molar-refractivity contribution in [2.24, 2.45) is 10.9 Å². The topological polar surface area (TPSA) is 58.1 Å². The second kappa shape index (κ2) is 14.2. The maximum Gasteiger partial charge on any atom is 0.191 e. The minimum absolute atomic E-state index is 0. The minimum Gasteiger partial charge on any atom is -0.379 e. The molecule has 2 N–H and O–H groups in total. The number of nitrogens with zero attached hydrogens (tertiary/aromatic N) is 2. The predicted octanol–water partition coefficient (Wildman–Crippen LogP) is 3.25. The van der Waals surface area contributed by atoms with Crippen molar-refractivity contribution < 1.29 is 9.47 Å². The number of rotatable bonds is 10. The van der Waals surface area contributed by atoms with Gasteiger partial charge in [-0.2, -0.15) is 0 Å². The molecule has 0 saturated carbocycles. The lowest BCUT2D eigenvalue weighted by Crippen LogP contribution is -2.46. The van der Waals surface area contributed by atoms with Crippen LogP contribution in [0.15, 0.2) is 29.3 Å². The molecule has 6 nitrogen and oxygen atoms in total. The van der Waals surface area contributed by atoms with E-state index in [2.05, 4.69) is 65.6 Å². The van der Waals surface area contributed by atoms with Crippen molar-refractivity contribution in [3.63, 3.8) is 0 Å². The van der Waals surface area contributed by atoms with Gasteiger partial charge >= 0.3 is 0 Å². The highest BCUT2D eigenvalue weighted by Crippen LogP contribution is 2.18. The Labute approximate surface area is 193 Å². The summed E-state index contributed by atoms with van der Waals surface area (Å²) in [6, 6.07) is 9.50. The zero-order valence-electron chi connectivity index (χ0n) is 18.6. The predicted molar refractivity (Wildman–Crippen MR) is 131 cm³/mol. The van der Waals surface area contributed by atoms with Gasteiger partial charge in [0.2, 0.25) is 0 Å². The first kappa shape index (κ1) is 26.1. The summed E-state index contributed by atoms with van der Waals surface area (Å²) in [5.74, 6) is 1.47. The molecule has 0 aliphatic carbocycles. The van der Waals surface area contributed by atoms with Crippen LogP contribution in [0.1, 0.15) is 38.8 Å². The van der Waals surface area contributed by atoms with Crippen molar-refractivity contribution in [1.82, 2.24) is 15.5 Å². The lowest BCUT2D eigenvalue weighted by molar-refractivity contribution is 0.0453. The lowest BCUT2D eigenvalue weighted by atomic mass is 10.1. The molecule has 0 amide bonds. The van der Waals surface area contributed by atoms with Gasteiger partial charge in [0.15, 0.2) is 5.96 Å². The number of hydrogen-bond donors (Lipinski definition) is 2. The van der Waals surface area contributed by atoms with E-state index in [9.17, 15) is 0 Å².